The Kier molecular flexibility index (Phi) is 5.23. The van der Waals surface area contributed by atoms with Crippen molar-refractivity contribution >= 4 is 51.5 Å². The summed E-state index contributed by atoms with van der Waals surface area (Å²) in [6.45, 7) is 3.98. The molecule has 2 heterocycles. The molecule has 0 spiro atoms. The van der Waals surface area contributed by atoms with Crippen molar-refractivity contribution in [3.63, 3.8) is 0 Å². The van der Waals surface area contributed by atoms with E-state index in [4.69, 9.17) is 11.6 Å². The van der Waals surface area contributed by atoms with E-state index in [9.17, 15) is 14.0 Å². The van der Waals surface area contributed by atoms with Gasteiger partial charge in [-0.15, -0.1) is 0 Å². The van der Waals surface area contributed by atoms with Crippen LogP contribution in [0.2, 0.25) is 5.02 Å². The first-order chi connectivity index (χ1) is 13.9. The molecule has 1 saturated heterocycles. The molecular weight excluding hydrogens is 411 g/mol. The molecule has 4 nitrogen and oxygen atoms in total. The highest BCUT2D eigenvalue weighted by atomic mass is 35.5. The number of nitrogens with zero attached hydrogens (tertiary/aromatic N) is 2. The van der Waals surface area contributed by atoms with Crippen LogP contribution in [0.5, 0.6) is 0 Å². The van der Waals surface area contributed by atoms with Crippen LogP contribution in [0, 0.1) is 5.82 Å². The smallest absolute Gasteiger partial charge is 0.293 e. The van der Waals surface area contributed by atoms with Crippen LogP contribution in [-0.2, 0) is 11.3 Å². The number of para-hydroxylation sites is 1. The molecule has 4 rings (SSSR count). The molecule has 1 aromatic heterocycles. The van der Waals surface area contributed by atoms with Gasteiger partial charge in [0.1, 0.15) is 5.82 Å². The van der Waals surface area contributed by atoms with Gasteiger partial charge in [-0.25, -0.2) is 4.39 Å². The number of halogens is 2. The van der Waals surface area contributed by atoms with Gasteiger partial charge in [0.2, 0.25) is 0 Å². The van der Waals surface area contributed by atoms with E-state index in [1.165, 1.54) is 18.2 Å². The molecule has 29 heavy (non-hydrogen) atoms. The van der Waals surface area contributed by atoms with Gasteiger partial charge in [0, 0.05) is 39.3 Å². The monoisotopic (exact) mass is 428 g/mol. The van der Waals surface area contributed by atoms with E-state index in [1.807, 2.05) is 30.5 Å². The molecule has 0 saturated carbocycles. The number of amides is 2. The molecule has 2 amide bonds. The predicted molar refractivity (Wildman–Crippen MR) is 115 cm³/mol. The molecule has 0 atom stereocenters. The second-order valence-corrected chi connectivity index (χ2v) is 8.47. The summed E-state index contributed by atoms with van der Waals surface area (Å²) in [6, 6.07) is 12.5. The van der Waals surface area contributed by atoms with Gasteiger partial charge in [-0.3, -0.25) is 14.5 Å². The van der Waals surface area contributed by atoms with E-state index >= 15 is 0 Å². The lowest BCUT2D eigenvalue weighted by Gasteiger charge is -2.14. The van der Waals surface area contributed by atoms with Gasteiger partial charge >= 0.3 is 0 Å². The number of rotatable bonds is 4. The zero-order chi connectivity index (χ0) is 20.7. The highest BCUT2D eigenvalue weighted by Gasteiger charge is 2.36. The Morgan fingerprint density at radius 3 is 2.62 bits per heavy atom. The van der Waals surface area contributed by atoms with Crippen molar-refractivity contribution in [2.24, 2.45) is 0 Å². The first-order valence-electron chi connectivity index (χ1n) is 9.14. The summed E-state index contributed by atoms with van der Waals surface area (Å²) in [5.74, 6) is -0.985. The number of carbonyl (C=O) groups is 2. The van der Waals surface area contributed by atoms with Crippen molar-refractivity contribution in [3.8, 4) is 0 Å². The van der Waals surface area contributed by atoms with Crippen molar-refractivity contribution in [2.75, 3.05) is 0 Å². The van der Waals surface area contributed by atoms with Gasteiger partial charge in [-0.1, -0.05) is 35.9 Å². The number of hydrogen-bond acceptors (Lipinski definition) is 3. The summed E-state index contributed by atoms with van der Waals surface area (Å²) in [6.07, 6.45) is 3.71. The van der Waals surface area contributed by atoms with Crippen LogP contribution in [-0.4, -0.2) is 20.6 Å². The Morgan fingerprint density at radius 1 is 1.14 bits per heavy atom. The van der Waals surface area contributed by atoms with Crippen molar-refractivity contribution in [3.05, 3.63) is 75.5 Å². The molecule has 7 heteroatoms. The van der Waals surface area contributed by atoms with Gasteiger partial charge in [-0.05, 0) is 49.9 Å². The minimum atomic E-state index is -0.541. The van der Waals surface area contributed by atoms with Gasteiger partial charge in [-0.2, -0.15) is 0 Å². The average Bonchev–Trinajstić information content (AvgIpc) is 3.17. The molecule has 1 aliphatic heterocycles. The molecule has 0 bridgehead atoms. The maximum absolute atomic E-state index is 14.1. The van der Waals surface area contributed by atoms with Gasteiger partial charge in [0.15, 0.2) is 0 Å². The average molecular weight is 429 g/mol. The van der Waals surface area contributed by atoms with Crippen LogP contribution < -0.4 is 0 Å². The third-order valence-electron chi connectivity index (χ3n) is 4.87. The van der Waals surface area contributed by atoms with Crippen LogP contribution >= 0.6 is 23.4 Å². The first kappa shape index (κ1) is 19.7. The van der Waals surface area contributed by atoms with E-state index in [0.29, 0.717) is 4.91 Å². The largest absolute Gasteiger partial charge is 0.344 e. The Bertz CT molecular complexity index is 1150. The van der Waals surface area contributed by atoms with Gasteiger partial charge < -0.3 is 4.57 Å². The Balaban J connectivity index is 1.69. The lowest BCUT2D eigenvalue weighted by Crippen LogP contribution is -2.28. The fourth-order valence-corrected chi connectivity index (χ4v) is 4.45. The van der Waals surface area contributed by atoms with Crippen LogP contribution in [0.3, 0.4) is 0 Å². The van der Waals surface area contributed by atoms with Crippen LogP contribution in [0.4, 0.5) is 9.18 Å². The molecule has 0 radical (unpaired) electrons. The molecule has 0 aliphatic carbocycles. The molecule has 1 aliphatic rings. The summed E-state index contributed by atoms with van der Waals surface area (Å²) in [5, 5.41) is 0.756. The van der Waals surface area contributed by atoms with E-state index in [2.05, 4.69) is 18.4 Å². The quantitative estimate of drug-likeness (QED) is 0.461. The standard InChI is InChI=1S/C22H18ClFN2O2S/c1-13(2)25-11-14(15-6-3-4-9-19(15)25)10-20-21(27)26(22(28)29-20)12-16-17(23)7-5-8-18(16)24/h3-11,13H,12H2,1-2H3/b20-10-. The Hall–Kier alpha value is -2.57. The normalized spacial score (nSPS) is 16.0. The van der Waals surface area contributed by atoms with E-state index < -0.39 is 17.0 Å². The Morgan fingerprint density at radius 2 is 1.90 bits per heavy atom. The first-order valence-corrected chi connectivity index (χ1v) is 10.3. The fraction of sp³-hybridized carbons (Fsp3) is 0.182. The number of carbonyl (C=O) groups excluding carboxylic acids is 2. The van der Waals surface area contributed by atoms with E-state index in [1.54, 1.807) is 6.08 Å². The highest BCUT2D eigenvalue weighted by Crippen LogP contribution is 2.36. The fourth-order valence-electron chi connectivity index (χ4n) is 3.39. The molecule has 3 aromatic rings. The molecule has 0 unspecified atom stereocenters. The number of fused-ring (bicyclic) bond motifs is 1. The van der Waals surface area contributed by atoms with Crippen LogP contribution in [0.1, 0.15) is 31.0 Å². The lowest BCUT2D eigenvalue weighted by atomic mass is 10.1. The minimum Gasteiger partial charge on any atom is -0.344 e. The number of imide groups is 1. The molecule has 148 valence electrons. The predicted octanol–water partition coefficient (Wildman–Crippen LogP) is 6.25. The third-order valence-corrected chi connectivity index (χ3v) is 6.13. The van der Waals surface area contributed by atoms with E-state index in [-0.39, 0.29) is 23.2 Å². The van der Waals surface area contributed by atoms with Crippen LogP contribution in [0.15, 0.2) is 53.6 Å². The highest BCUT2D eigenvalue weighted by molar-refractivity contribution is 8.18. The molecule has 2 aromatic carbocycles. The summed E-state index contributed by atoms with van der Waals surface area (Å²) in [5.41, 5.74) is 2.06. The third kappa shape index (κ3) is 3.58. The summed E-state index contributed by atoms with van der Waals surface area (Å²) in [7, 11) is 0. The van der Waals surface area contributed by atoms with Crippen molar-refractivity contribution in [1.82, 2.24) is 9.47 Å². The summed E-state index contributed by atoms with van der Waals surface area (Å²) < 4.78 is 16.2. The summed E-state index contributed by atoms with van der Waals surface area (Å²) >= 11 is 6.91. The van der Waals surface area contributed by atoms with Crippen LogP contribution in [0.25, 0.3) is 17.0 Å². The maximum atomic E-state index is 14.1. The maximum Gasteiger partial charge on any atom is 0.293 e. The van der Waals surface area contributed by atoms with E-state index in [0.717, 1.165) is 33.1 Å². The Labute approximate surface area is 176 Å². The second-order valence-electron chi connectivity index (χ2n) is 7.07. The number of aromatic nitrogens is 1. The topological polar surface area (TPSA) is 42.3 Å². The summed E-state index contributed by atoms with van der Waals surface area (Å²) in [4.78, 5) is 26.7. The number of hydrogen-bond donors (Lipinski definition) is 0. The minimum absolute atomic E-state index is 0.133. The van der Waals surface area contributed by atoms with Gasteiger partial charge in [0.25, 0.3) is 11.1 Å². The second kappa shape index (κ2) is 7.69. The van der Waals surface area contributed by atoms with Gasteiger partial charge in [0.05, 0.1) is 11.4 Å². The zero-order valence-electron chi connectivity index (χ0n) is 15.9. The number of benzene rings is 2. The van der Waals surface area contributed by atoms with Crippen molar-refractivity contribution in [2.45, 2.75) is 26.4 Å². The molecule has 0 N–H and O–H groups in total. The number of thioether (sulfide) groups is 1. The SMILES string of the molecule is CC(C)n1cc(/C=C2\SC(=O)N(Cc3c(F)cccc3Cl)C2=O)c2ccccc21. The molecule has 1 fully saturated rings. The van der Waals surface area contributed by atoms with Crippen molar-refractivity contribution < 1.29 is 14.0 Å². The lowest BCUT2D eigenvalue weighted by molar-refractivity contribution is -0.123. The zero-order valence-corrected chi connectivity index (χ0v) is 17.4. The molecular formula is C22H18ClFN2O2S. The van der Waals surface area contributed by atoms with Crippen molar-refractivity contribution in [1.29, 1.82) is 0 Å².